The maximum Gasteiger partial charge on any atom is 0.335 e. The van der Waals surface area contributed by atoms with Gasteiger partial charge in [0.05, 0.1) is 11.2 Å². The molecule has 4 nitrogen and oxygen atoms in total. The SMILES string of the molecule is CC1(O)CCCN(Cc2ccc(C(=O)O)cc2)CC1. The molecule has 104 valence electrons. The van der Waals surface area contributed by atoms with Gasteiger partial charge in [-0.1, -0.05) is 12.1 Å². The average molecular weight is 263 g/mol. The van der Waals surface area contributed by atoms with Crippen LogP contribution in [0.15, 0.2) is 24.3 Å². The molecule has 4 heteroatoms. The molecule has 19 heavy (non-hydrogen) atoms. The molecule has 1 fully saturated rings. The molecule has 0 aromatic heterocycles. The number of hydrogen-bond acceptors (Lipinski definition) is 3. The van der Waals surface area contributed by atoms with Crippen molar-refractivity contribution in [2.75, 3.05) is 13.1 Å². The Bertz CT molecular complexity index is 439. The standard InChI is InChI=1S/C15H21NO3/c1-15(19)7-2-9-16(10-8-15)11-12-3-5-13(6-4-12)14(17)18/h3-6,19H,2,7-11H2,1H3,(H,17,18). The number of aromatic carboxylic acids is 1. The zero-order valence-electron chi connectivity index (χ0n) is 11.3. The predicted molar refractivity (Wildman–Crippen MR) is 73.2 cm³/mol. The predicted octanol–water partition coefficient (Wildman–Crippen LogP) is 2.12. The lowest BCUT2D eigenvalue weighted by Gasteiger charge is -2.22. The van der Waals surface area contributed by atoms with Gasteiger partial charge in [-0.15, -0.1) is 0 Å². The smallest absolute Gasteiger partial charge is 0.335 e. The number of rotatable bonds is 3. The molecule has 0 bridgehead atoms. The van der Waals surface area contributed by atoms with E-state index in [1.165, 1.54) is 0 Å². The van der Waals surface area contributed by atoms with Crippen LogP contribution in [0.25, 0.3) is 0 Å². The molecule has 0 aliphatic carbocycles. The van der Waals surface area contributed by atoms with Gasteiger partial charge in [0.15, 0.2) is 0 Å². The number of aliphatic hydroxyl groups is 1. The molecule has 1 saturated heterocycles. The fourth-order valence-corrected chi connectivity index (χ4v) is 2.49. The van der Waals surface area contributed by atoms with Crippen LogP contribution in [0.4, 0.5) is 0 Å². The van der Waals surface area contributed by atoms with Gasteiger partial charge in [0.25, 0.3) is 0 Å². The molecular formula is C15H21NO3. The first kappa shape index (κ1) is 14.0. The molecule has 0 radical (unpaired) electrons. The molecule has 1 aliphatic rings. The number of carboxylic acid groups (broad SMARTS) is 1. The van der Waals surface area contributed by atoms with E-state index in [-0.39, 0.29) is 0 Å². The third-order valence-corrected chi connectivity index (χ3v) is 3.76. The molecular weight excluding hydrogens is 242 g/mol. The second-order valence-electron chi connectivity index (χ2n) is 5.63. The first-order chi connectivity index (χ1) is 8.96. The minimum absolute atomic E-state index is 0.322. The third-order valence-electron chi connectivity index (χ3n) is 3.76. The Labute approximate surface area is 113 Å². The lowest BCUT2D eigenvalue weighted by atomic mass is 9.98. The molecule has 1 unspecified atom stereocenters. The second kappa shape index (κ2) is 5.72. The first-order valence-corrected chi connectivity index (χ1v) is 6.73. The Hall–Kier alpha value is -1.39. The molecule has 1 aliphatic heterocycles. The first-order valence-electron chi connectivity index (χ1n) is 6.73. The fraction of sp³-hybridized carbons (Fsp3) is 0.533. The molecule has 0 saturated carbocycles. The third kappa shape index (κ3) is 4.04. The van der Waals surface area contributed by atoms with E-state index >= 15 is 0 Å². The highest BCUT2D eigenvalue weighted by atomic mass is 16.4. The monoisotopic (exact) mass is 263 g/mol. The molecule has 0 amide bonds. The van der Waals surface area contributed by atoms with E-state index in [2.05, 4.69) is 4.90 Å². The van der Waals surface area contributed by atoms with Crippen LogP contribution in [0.2, 0.25) is 0 Å². The highest BCUT2D eigenvalue weighted by Gasteiger charge is 2.24. The quantitative estimate of drug-likeness (QED) is 0.877. The van der Waals surface area contributed by atoms with Crippen LogP contribution in [0.3, 0.4) is 0 Å². The van der Waals surface area contributed by atoms with E-state index in [9.17, 15) is 9.90 Å². The van der Waals surface area contributed by atoms with Crippen LogP contribution in [-0.2, 0) is 6.54 Å². The molecule has 2 N–H and O–H groups in total. The van der Waals surface area contributed by atoms with Crippen molar-refractivity contribution in [2.24, 2.45) is 0 Å². The fourth-order valence-electron chi connectivity index (χ4n) is 2.49. The van der Waals surface area contributed by atoms with Gasteiger partial charge < -0.3 is 10.2 Å². The van der Waals surface area contributed by atoms with Crippen molar-refractivity contribution in [3.63, 3.8) is 0 Å². The zero-order chi connectivity index (χ0) is 13.9. The Balaban J connectivity index is 1.95. The van der Waals surface area contributed by atoms with Gasteiger partial charge in [0.2, 0.25) is 0 Å². The van der Waals surface area contributed by atoms with E-state index in [1.54, 1.807) is 12.1 Å². The maximum absolute atomic E-state index is 10.8. The molecule has 1 heterocycles. The van der Waals surface area contributed by atoms with E-state index in [4.69, 9.17) is 5.11 Å². The van der Waals surface area contributed by atoms with Gasteiger partial charge in [-0.05, 0) is 50.4 Å². The normalized spacial score (nSPS) is 24.9. The number of hydrogen-bond donors (Lipinski definition) is 2. The van der Waals surface area contributed by atoms with E-state index < -0.39 is 11.6 Å². The topological polar surface area (TPSA) is 60.8 Å². The summed E-state index contributed by atoms with van der Waals surface area (Å²) in [5.41, 5.74) is 0.899. The molecule has 0 spiro atoms. The Morgan fingerprint density at radius 2 is 1.95 bits per heavy atom. The highest BCUT2D eigenvalue weighted by Crippen LogP contribution is 2.22. The van der Waals surface area contributed by atoms with Crippen molar-refractivity contribution in [3.05, 3.63) is 35.4 Å². The van der Waals surface area contributed by atoms with Gasteiger partial charge in [-0.2, -0.15) is 0 Å². The lowest BCUT2D eigenvalue weighted by Crippen LogP contribution is -2.28. The number of benzene rings is 1. The molecule has 1 aromatic rings. The summed E-state index contributed by atoms with van der Waals surface area (Å²) in [4.78, 5) is 13.1. The van der Waals surface area contributed by atoms with Crippen LogP contribution in [0.5, 0.6) is 0 Å². The summed E-state index contributed by atoms with van der Waals surface area (Å²) in [5.74, 6) is -0.891. The number of nitrogens with zero attached hydrogens (tertiary/aromatic N) is 1. The van der Waals surface area contributed by atoms with Gasteiger partial charge in [-0.25, -0.2) is 4.79 Å². The Kier molecular flexibility index (Phi) is 4.22. The molecule has 1 aromatic carbocycles. The summed E-state index contributed by atoms with van der Waals surface area (Å²) in [6, 6.07) is 7.02. The molecule has 1 atom stereocenters. The average Bonchev–Trinajstić information content (AvgIpc) is 2.52. The second-order valence-corrected chi connectivity index (χ2v) is 5.63. The highest BCUT2D eigenvalue weighted by molar-refractivity contribution is 5.87. The Morgan fingerprint density at radius 1 is 1.26 bits per heavy atom. The van der Waals surface area contributed by atoms with Crippen molar-refractivity contribution >= 4 is 5.97 Å². The van der Waals surface area contributed by atoms with Crippen LogP contribution in [0.1, 0.15) is 42.1 Å². The van der Waals surface area contributed by atoms with Gasteiger partial charge in [-0.3, -0.25) is 4.90 Å². The minimum atomic E-state index is -0.891. The Morgan fingerprint density at radius 3 is 2.58 bits per heavy atom. The summed E-state index contributed by atoms with van der Waals surface area (Å²) in [5, 5.41) is 18.9. The van der Waals surface area contributed by atoms with Crippen LogP contribution in [0, 0.1) is 0 Å². The van der Waals surface area contributed by atoms with E-state index in [1.807, 2.05) is 19.1 Å². The van der Waals surface area contributed by atoms with Crippen molar-refractivity contribution < 1.29 is 15.0 Å². The van der Waals surface area contributed by atoms with Crippen LogP contribution < -0.4 is 0 Å². The summed E-state index contributed by atoms with van der Waals surface area (Å²) in [6.07, 6.45) is 2.64. The zero-order valence-corrected chi connectivity index (χ0v) is 11.3. The van der Waals surface area contributed by atoms with Gasteiger partial charge in [0.1, 0.15) is 0 Å². The number of carbonyl (C=O) groups is 1. The van der Waals surface area contributed by atoms with Crippen LogP contribution in [-0.4, -0.2) is 39.8 Å². The number of likely N-dealkylation sites (tertiary alicyclic amines) is 1. The van der Waals surface area contributed by atoms with Crippen molar-refractivity contribution in [1.29, 1.82) is 0 Å². The number of carboxylic acids is 1. The van der Waals surface area contributed by atoms with Crippen molar-refractivity contribution in [3.8, 4) is 0 Å². The van der Waals surface area contributed by atoms with Crippen molar-refractivity contribution in [2.45, 2.75) is 38.3 Å². The van der Waals surface area contributed by atoms with Crippen molar-refractivity contribution in [1.82, 2.24) is 4.90 Å². The summed E-state index contributed by atoms with van der Waals surface area (Å²) in [6.45, 7) is 4.58. The van der Waals surface area contributed by atoms with Gasteiger partial charge >= 0.3 is 5.97 Å². The van der Waals surface area contributed by atoms with E-state index in [0.717, 1.165) is 44.5 Å². The summed E-state index contributed by atoms with van der Waals surface area (Å²) < 4.78 is 0. The summed E-state index contributed by atoms with van der Waals surface area (Å²) >= 11 is 0. The largest absolute Gasteiger partial charge is 0.478 e. The summed E-state index contributed by atoms with van der Waals surface area (Å²) in [7, 11) is 0. The minimum Gasteiger partial charge on any atom is -0.478 e. The molecule has 2 rings (SSSR count). The van der Waals surface area contributed by atoms with Crippen LogP contribution >= 0.6 is 0 Å². The lowest BCUT2D eigenvalue weighted by molar-refractivity contribution is 0.0444. The van der Waals surface area contributed by atoms with E-state index in [0.29, 0.717) is 5.56 Å². The maximum atomic E-state index is 10.8. The van der Waals surface area contributed by atoms with Gasteiger partial charge in [0, 0.05) is 13.1 Å².